The quantitative estimate of drug-likeness (QED) is 0.923. The van der Waals surface area contributed by atoms with Crippen LogP contribution in [0.3, 0.4) is 0 Å². The van der Waals surface area contributed by atoms with Crippen LogP contribution in [0.5, 0.6) is 0 Å². The molecule has 114 valence electrons. The Morgan fingerprint density at radius 3 is 2.67 bits per heavy atom. The Balaban J connectivity index is 1.95. The fourth-order valence-electron chi connectivity index (χ4n) is 3.83. The number of furan rings is 1. The van der Waals surface area contributed by atoms with Crippen molar-refractivity contribution in [3.63, 3.8) is 0 Å². The van der Waals surface area contributed by atoms with Crippen LogP contribution in [0.15, 0.2) is 28.7 Å². The zero-order valence-corrected chi connectivity index (χ0v) is 13.1. The molecule has 0 amide bonds. The SMILES string of the molecule is Cc1oc2ccccc2c1C(CN)N(C)C1CCCCC1. The van der Waals surface area contributed by atoms with E-state index in [-0.39, 0.29) is 6.04 Å². The van der Waals surface area contributed by atoms with E-state index in [1.807, 2.05) is 12.1 Å². The van der Waals surface area contributed by atoms with E-state index in [9.17, 15) is 0 Å². The molecule has 0 bridgehead atoms. The van der Waals surface area contributed by atoms with Crippen LogP contribution in [0.1, 0.15) is 49.5 Å². The first kappa shape index (κ1) is 14.6. The number of para-hydroxylation sites is 1. The van der Waals surface area contributed by atoms with Crippen LogP contribution < -0.4 is 5.73 Å². The predicted molar refractivity (Wildman–Crippen MR) is 87.4 cm³/mol. The Labute approximate surface area is 127 Å². The monoisotopic (exact) mass is 286 g/mol. The minimum Gasteiger partial charge on any atom is -0.461 e. The van der Waals surface area contributed by atoms with Crippen molar-refractivity contribution in [1.29, 1.82) is 0 Å². The summed E-state index contributed by atoms with van der Waals surface area (Å²) in [6.07, 6.45) is 6.66. The van der Waals surface area contributed by atoms with Gasteiger partial charge in [-0.3, -0.25) is 4.90 Å². The van der Waals surface area contributed by atoms with Crippen molar-refractivity contribution >= 4 is 11.0 Å². The Morgan fingerprint density at radius 2 is 1.95 bits per heavy atom. The van der Waals surface area contributed by atoms with Crippen LogP contribution in [0.25, 0.3) is 11.0 Å². The van der Waals surface area contributed by atoms with E-state index >= 15 is 0 Å². The normalized spacial score (nSPS) is 18.5. The van der Waals surface area contributed by atoms with Crippen LogP contribution in [0.2, 0.25) is 0 Å². The summed E-state index contributed by atoms with van der Waals surface area (Å²) >= 11 is 0. The number of benzene rings is 1. The van der Waals surface area contributed by atoms with Gasteiger partial charge in [-0.1, -0.05) is 37.5 Å². The highest BCUT2D eigenvalue weighted by Gasteiger charge is 2.28. The maximum Gasteiger partial charge on any atom is 0.134 e. The summed E-state index contributed by atoms with van der Waals surface area (Å²) in [6.45, 7) is 2.70. The highest BCUT2D eigenvalue weighted by molar-refractivity contribution is 5.82. The van der Waals surface area contributed by atoms with Crippen molar-refractivity contribution in [3.05, 3.63) is 35.6 Å². The van der Waals surface area contributed by atoms with Gasteiger partial charge in [-0.15, -0.1) is 0 Å². The third kappa shape index (κ3) is 2.72. The first-order valence-corrected chi connectivity index (χ1v) is 8.12. The van der Waals surface area contributed by atoms with E-state index in [0.717, 1.165) is 11.3 Å². The van der Waals surface area contributed by atoms with Crippen molar-refractivity contribution in [2.45, 2.75) is 51.1 Å². The summed E-state index contributed by atoms with van der Waals surface area (Å²) in [6, 6.07) is 9.20. The Kier molecular flexibility index (Phi) is 4.32. The van der Waals surface area contributed by atoms with Crippen molar-refractivity contribution < 1.29 is 4.42 Å². The fourth-order valence-corrected chi connectivity index (χ4v) is 3.83. The maximum absolute atomic E-state index is 6.15. The number of hydrogen-bond donors (Lipinski definition) is 1. The lowest BCUT2D eigenvalue weighted by Crippen LogP contribution is -2.39. The molecule has 2 aromatic rings. The van der Waals surface area contributed by atoms with Crippen molar-refractivity contribution in [3.8, 4) is 0 Å². The zero-order chi connectivity index (χ0) is 14.8. The number of rotatable bonds is 4. The second-order valence-corrected chi connectivity index (χ2v) is 6.28. The first-order chi connectivity index (χ1) is 10.2. The summed E-state index contributed by atoms with van der Waals surface area (Å²) in [5, 5.41) is 1.22. The minimum absolute atomic E-state index is 0.247. The molecule has 1 atom stereocenters. The van der Waals surface area contributed by atoms with Crippen molar-refractivity contribution in [1.82, 2.24) is 4.90 Å². The van der Waals surface area contributed by atoms with Gasteiger partial charge in [0.05, 0.1) is 6.04 Å². The second-order valence-electron chi connectivity index (χ2n) is 6.28. The van der Waals surface area contributed by atoms with Gasteiger partial charge in [0.1, 0.15) is 11.3 Å². The molecular formula is C18H26N2O. The number of aryl methyl sites for hydroxylation is 1. The highest BCUT2D eigenvalue weighted by atomic mass is 16.3. The molecule has 1 aliphatic rings. The van der Waals surface area contributed by atoms with Gasteiger partial charge in [0, 0.05) is 23.5 Å². The second kappa shape index (κ2) is 6.20. The van der Waals surface area contributed by atoms with E-state index in [2.05, 4.69) is 31.0 Å². The molecule has 21 heavy (non-hydrogen) atoms. The zero-order valence-electron chi connectivity index (χ0n) is 13.1. The van der Waals surface area contributed by atoms with Crippen molar-refractivity contribution in [2.24, 2.45) is 5.73 Å². The average molecular weight is 286 g/mol. The van der Waals surface area contributed by atoms with Crippen LogP contribution >= 0.6 is 0 Å². The van der Waals surface area contributed by atoms with E-state index in [0.29, 0.717) is 12.6 Å². The summed E-state index contributed by atoms with van der Waals surface area (Å²) in [7, 11) is 2.23. The lowest BCUT2D eigenvalue weighted by atomic mass is 9.92. The number of fused-ring (bicyclic) bond motifs is 1. The number of nitrogens with zero attached hydrogens (tertiary/aromatic N) is 1. The molecule has 2 N–H and O–H groups in total. The summed E-state index contributed by atoms with van der Waals surface area (Å²) in [5.41, 5.74) is 8.40. The smallest absolute Gasteiger partial charge is 0.134 e. The summed E-state index contributed by atoms with van der Waals surface area (Å²) in [5.74, 6) is 1.01. The topological polar surface area (TPSA) is 42.4 Å². The van der Waals surface area contributed by atoms with Gasteiger partial charge in [-0.05, 0) is 32.9 Å². The van der Waals surface area contributed by atoms with Gasteiger partial charge in [-0.25, -0.2) is 0 Å². The molecule has 1 aliphatic carbocycles. The molecule has 0 radical (unpaired) electrons. The molecule has 0 aliphatic heterocycles. The predicted octanol–water partition coefficient (Wildman–Crippen LogP) is 4.01. The van der Waals surface area contributed by atoms with Gasteiger partial charge in [0.15, 0.2) is 0 Å². The van der Waals surface area contributed by atoms with Gasteiger partial charge >= 0.3 is 0 Å². The third-order valence-electron chi connectivity index (χ3n) is 5.02. The molecule has 1 unspecified atom stereocenters. The average Bonchev–Trinajstić information content (AvgIpc) is 2.85. The van der Waals surface area contributed by atoms with E-state index in [1.165, 1.54) is 43.1 Å². The highest BCUT2D eigenvalue weighted by Crippen LogP contribution is 2.35. The number of hydrogen-bond acceptors (Lipinski definition) is 3. The molecule has 1 heterocycles. The van der Waals surface area contributed by atoms with Crippen LogP contribution in [-0.4, -0.2) is 24.5 Å². The lowest BCUT2D eigenvalue weighted by molar-refractivity contribution is 0.140. The molecule has 1 saturated carbocycles. The first-order valence-electron chi connectivity index (χ1n) is 8.12. The molecule has 1 aromatic carbocycles. The molecule has 0 spiro atoms. The summed E-state index contributed by atoms with van der Waals surface area (Å²) < 4.78 is 5.94. The van der Waals surface area contributed by atoms with Crippen LogP contribution in [0.4, 0.5) is 0 Å². The van der Waals surface area contributed by atoms with E-state index in [4.69, 9.17) is 10.2 Å². The maximum atomic E-state index is 6.15. The fraction of sp³-hybridized carbons (Fsp3) is 0.556. The van der Waals surface area contributed by atoms with E-state index in [1.54, 1.807) is 0 Å². The number of nitrogens with two attached hydrogens (primary N) is 1. The van der Waals surface area contributed by atoms with Gasteiger partial charge in [0.2, 0.25) is 0 Å². The molecule has 3 heteroatoms. The van der Waals surface area contributed by atoms with Crippen LogP contribution in [-0.2, 0) is 0 Å². The Bertz CT molecular complexity index is 598. The Hall–Kier alpha value is -1.32. The molecule has 0 saturated heterocycles. The van der Waals surface area contributed by atoms with Crippen molar-refractivity contribution in [2.75, 3.05) is 13.6 Å². The van der Waals surface area contributed by atoms with E-state index < -0.39 is 0 Å². The molecule has 3 nitrogen and oxygen atoms in total. The lowest BCUT2D eigenvalue weighted by Gasteiger charge is -2.36. The summed E-state index contributed by atoms with van der Waals surface area (Å²) in [4.78, 5) is 2.49. The number of likely N-dealkylation sites (N-methyl/N-ethyl adjacent to an activating group) is 1. The standard InChI is InChI=1S/C18H26N2O/c1-13-18(15-10-6-7-11-17(15)21-13)16(12-19)20(2)14-8-4-3-5-9-14/h6-7,10-11,14,16H,3-5,8-9,12,19H2,1-2H3. The Morgan fingerprint density at radius 1 is 1.24 bits per heavy atom. The third-order valence-corrected chi connectivity index (χ3v) is 5.02. The molecule has 1 aromatic heterocycles. The largest absolute Gasteiger partial charge is 0.461 e. The van der Waals surface area contributed by atoms with Gasteiger partial charge in [0.25, 0.3) is 0 Å². The molecule has 1 fully saturated rings. The van der Waals surface area contributed by atoms with Gasteiger partial charge < -0.3 is 10.2 Å². The molecular weight excluding hydrogens is 260 g/mol. The minimum atomic E-state index is 0.247. The van der Waals surface area contributed by atoms with Crippen LogP contribution in [0, 0.1) is 6.92 Å². The van der Waals surface area contributed by atoms with Gasteiger partial charge in [-0.2, -0.15) is 0 Å². The molecule has 3 rings (SSSR count).